The summed E-state index contributed by atoms with van der Waals surface area (Å²) in [6.07, 6.45) is 0.834. The molecular weight excluding hydrogens is 328 g/mol. The number of nitrogens with one attached hydrogen (secondary N) is 1. The Hall–Kier alpha value is -1.37. The Labute approximate surface area is 145 Å². The molecule has 0 saturated carbocycles. The van der Waals surface area contributed by atoms with Crippen LogP contribution in [-0.2, 0) is 10.5 Å². The topological polar surface area (TPSA) is 51.2 Å². The molecule has 1 aromatic heterocycles. The summed E-state index contributed by atoms with van der Waals surface area (Å²) in [7, 11) is 0. The number of aromatic nitrogens is 1. The summed E-state index contributed by atoms with van der Waals surface area (Å²) in [5.41, 5.74) is 1.80. The van der Waals surface area contributed by atoms with Crippen molar-refractivity contribution in [3.8, 4) is 0 Å². The number of ether oxygens (including phenoxy) is 1. The normalized spacial score (nSPS) is 10.7. The zero-order valence-electron chi connectivity index (χ0n) is 13.5. The monoisotopic (exact) mass is 350 g/mol. The van der Waals surface area contributed by atoms with E-state index in [2.05, 4.69) is 15.7 Å². The lowest BCUT2D eigenvalue weighted by Gasteiger charge is -2.06. The second-order valence-corrected chi connectivity index (χ2v) is 7.09. The van der Waals surface area contributed by atoms with Gasteiger partial charge in [0.15, 0.2) is 0 Å². The molecule has 0 fully saturated rings. The van der Waals surface area contributed by atoms with E-state index in [1.165, 1.54) is 0 Å². The molecule has 4 nitrogen and oxygen atoms in total. The Balaban J connectivity index is 1.76. The summed E-state index contributed by atoms with van der Waals surface area (Å²) in [5.74, 6) is 0.820. The van der Waals surface area contributed by atoms with Gasteiger partial charge in [0.05, 0.1) is 10.7 Å². The third-order valence-corrected chi connectivity index (χ3v) is 4.99. The van der Waals surface area contributed by atoms with Crippen LogP contribution in [0.15, 0.2) is 34.5 Å². The molecule has 0 radical (unpaired) electrons. The van der Waals surface area contributed by atoms with Gasteiger partial charge in [0.25, 0.3) is 5.91 Å². The van der Waals surface area contributed by atoms with Crippen LogP contribution >= 0.6 is 23.1 Å². The first-order valence-electron chi connectivity index (χ1n) is 7.69. The molecule has 1 amide bonds. The SMILES string of the molecule is CCOCCCNC(=O)c1ccc(SCc2csc(C)n2)cc1. The molecule has 2 aromatic rings. The smallest absolute Gasteiger partial charge is 0.251 e. The average Bonchev–Trinajstić information content (AvgIpc) is 2.98. The van der Waals surface area contributed by atoms with Gasteiger partial charge in [-0.1, -0.05) is 0 Å². The van der Waals surface area contributed by atoms with E-state index in [1.807, 2.05) is 38.1 Å². The highest BCUT2D eigenvalue weighted by Gasteiger charge is 2.05. The molecule has 0 saturated heterocycles. The largest absolute Gasteiger partial charge is 0.382 e. The summed E-state index contributed by atoms with van der Waals surface area (Å²) >= 11 is 3.40. The Morgan fingerprint density at radius 1 is 1.35 bits per heavy atom. The van der Waals surface area contributed by atoms with E-state index in [0.717, 1.165) is 27.8 Å². The molecule has 124 valence electrons. The Kier molecular flexibility index (Phi) is 7.58. The first-order valence-corrected chi connectivity index (χ1v) is 9.55. The van der Waals surface area contributed by atoms with Crippen molar-refractivity contribution in [1.29, 1.82) is 0 Å². The quantitative estimate of drug-likeness (QED) is 0.550. The first-order chi connectivity index (χ1) is 11.2. The second-order valence-electron chi connectivity index (χ2n) is 4.98. The number of hydrogen-bond donors (Lipinski definition) is 1. The van der Waals surface area contributed by atoms with E-state index in [9.17, 15) is 4.79 Å². The van der Waals surface area contributed by atoms with Crippen LogP contribution in [-0.4, -0.2) is 30.6 Å². The van der Waals surface area contributed by atoms with Crippen LogP contribution in [0.5, 0.6) is 0 Å². The van der Waals surface area contributed by atoms with Crippen LogP contribution < -0.4 is 5.32 Å². The van der Waals surface area contributed by atoms with Crippen LogP contribution in [0.4, 0.5) is 0 Å². The number of rotatable bonds is 9. The van der Waals surface area contributed by atoms with E-state index in [0.29, 0.717) is 25.3 Å². The van der Waals surface area contributed by atoms with Crippen LogP contribution in [0.3, 0.4) is 0 Å². The average molecular weight is 351 g/mol. The predicted octanol–water partition coefficient (Wildman–Crippen LogP) is 3.90. The van der Waals surface area contributed by atoms with E-state index < -0.39 is 0 Å². The molecule has 0 spiro atoms. The summed E-state index contributed by atoms with van der Waals surface area (Å²) in [4.78, 5) is 17.6. The Bertz CT molecular complexity index is 611. The fourth-order valence-electron chi connectivity index (χ4n) is 1.96. The van der Waals surface area contributed by atoms with Crippen LogP contribution in [0.25, 0.3) is 0 Å². The molecular formula is C17H22N2O2S2. The third kappa shape index (κ3) is 6.33. The van der Waals surface area contributed by atoms with Crippen LogP contribution in [0, 0.1) is 6.92 Å². The van der Waals surface area contributed by atoms with Gasteiger partial charge in [0.2, 0.25) is 0 Å². The van der Waals surface area contributed by atoms with Crippen molar-refractivity contribution >= 4 is 29.0 Å². The maximum Gasteiger partial charge on any atom is 0.251 e. The molecule has 0 unspecified atom stereocenters. The van der Waals surface area contributed by atoms with Crippen molar-refractivity contribution in [2.75, 3.05) is 19.8 Å². The first kappa shape index (κ1) is 18.0. The van der Waals surface area contributed by atoms with Gasteiger partial charge in [0.1, 0.15) is 0 Å². The van der Waals surface area contributed by atoms with Gasteiger partial charge in [-0.25, -0.2) is 4.98 Å². The molecule has 23 heavy (non-hydrogen) atoms. The standard InChI is InChI=1S/C17H22N2O2S2/c1-3-21-10-4-9-18-17(20)14-5-7-16(8-6-14)23-12-15-11-22-13(2)19-15/h5-8,11H,3-4,9-10,12H2,1-2H3,(H,18,20). The van der Waals surface area contributed by atoms with E-state index in [-0.39, 0.29) is 5.91 Å². The molecule has 6 heteroatoms. The summed E-state index contributed by atoms with van der Waals surface area (Å²) < 4.78 is 5.24. The highest BCUT2D eigenvalue weighted by Crippen LogP contribution is 2.23. The Morgan fingerprint density at radius 2 is 2.13 bits per heavy atom. The van der Waals surface area contributed by atoms with E-state index in [1.54, 1.807) is 23.1 Å². The minimum Gasteiger partial charge on any atom is -0.382 e. The summed E-state index contributed by atoms with van der Waals surface area (Å²) in [6.45, 7) is 6.02. The van der Waals surface area contributed by atoms with Crippen LogP contribution in [0.1, 0.15) is 34.4 Å². The van der Waals surface area contributed by atoms with Crippen molar-refractivity contribution in [3.63, 3.8) is 0 Å². The summed E-state index contributed by atoms with van der Waals surface area (Å²) in [6, 6.07) is 7.71. The summed E-state index contributed by atoms with van der Waals surface area (Å²) in [5, 5.41) is 6.09. The molecule has 1 heterocycles. The number of thioether (sulfide) groups is 1. The molecule has 0 atom stereocenters. The molecule has 0 bridgehead atoms. The van der Waals surface area contributed by atoms with Crippen molar-refractivity contribution in [3.05, 3.63) is 45.9 Å². The number of carbonyl (C=O) groups is 1. The van der Waals surface area contributed by atoms with Gasteiger partial charge < -0.3 is 10.1 Å². The van der Waals surface area contributed by atoms with E-state index in [4.69, 9.17) is 4.74 Å². The highest BCUT2D eigenvalue weighted by molar-refractivity contribution is 7.98. The number of benzene rings is 1. The number of carbonyl (C=O) groups excluding carboxylic acids is 1. The van der Waals surface area contributed by atoms with Crippen molar-refractivity contribution in [2.24, 2.45) is 0 Å². The molecule has 1 N–H and O–H groups in total. The molecule has 0 aliphatic carbocycles. The fraction of sp³-hybridized carbons (Fsp3) is 0.412. The number of hydrogen-bond acceptors (Lipinski definition) is 5. The maximum absolute atomic E-state index is 12.0. The van der Waals surface area contributed by atoms with Gasteiger partial charge >= 0.3 is 0 Å². The van der Waals surface area contributed by atoms with Gasteiger partial charge in [-0.15, -0.1) is 23.1 Å². The lowest BCUT2D eigenvalue weighted by molar-refractivity contribution is 0.0944. The van der Waals surface area contributed by atoms with Crippen molar-refractivity contribution in [1.82, 2.24) is 10.3 Å². The number of nitrogens with zero attached hydrogens (tertiary/aromatic N) is 1. The van der Waals surface area contributed by atoms with E-state index >= 15 is 0 Å². The van der Waals surface area contributed by atoms with Crippen molar-refractivity contribution < 1.29 is 9.53 Å². The second kappa shape index (κ2) is 9.70. The molecule has 2 rings (SSSR count). The number of thiazole rings is 1. The Morgan fingerprint density at radius 3 is 2.78 bits per heavy atom. The van der Waals surface area contributed by atoms with Gasteiger partial charge in [-0.05, 0) is 44.5 Å². The minimum absolute atomic E-state index is 0.0341. The van der Waals surface area contributed by atoms with Crippen molar-refractivity contribution in [2.45, 2.75) is 30.9 Å². The predicted molar refractivity (Wildman–Crippen MR) is 96.3 cm³/mol. The molecule has 1 aromatic carbocycles. The zero-order chi connectivity index (χ0) is 16.5. The molecule has 0 aliphatic heterocycles. The van der Waals surface area contributed by atoms with Crippen LogP contribution in [0.2, 0.25) is 0 Å². The van der Waals surface area contributed by atoms with Gasteiger partial charge in [-0.3, -0.25) is 4.79 Å². The fourth-order valence-corrected chi connectivity index (χ4v) is 3.47. The van der Waals surface area contributed by atoms with Gasteiger partial charge in [0, 0.05) is 41.4 Å². The zero-order valence-corrected chi connectivity index (χ0v) is 15.1. The minimum atomic E-state index is -0.0341. The van der Waals surface area contributed by atoms with Gasteiger partial charge in [-0.2, -0.15) is 0 Å². The lowest BCUT2D eigenvalue weighted by Crippen LogP contribution is -2.25. The third-order valence-electron chi connectivity index (χ3n) is 3.12. The maximum atomic E-state index is 12.0. The highest BCUT2D eigenvalue weighted by atomic mass is 32.2. The number of aryl methyl sites for hydroxylation is 1. The number of amides is 1. The lowest BCUT2D eigenvalue weighted by atomic mass is 10.2. The molecule has 0 aliphatic rings.